The molecule has 1 aliphatic rings. The van der Waals surface area contributed by atoms with Gasteiger partial charge in [0, 0.05) is 12.6 Å². The van der Waals surface area contributed by atoms with Crippen LogP contribution in [0.3, 0.4) is 0 Å². The van der Waals surface area contributed by atoms with Crippen molar-refractivity contribution in [3.63, 3.8) is 0 Å². The first-order valence-corrected chi connectivity index (χ1v) is 13.0. The Morgan fingerprint density at radius 3 is 2.56 bits per heavy atom. The molecule has 0 unspecified atom stereocenters. The van der Waals surface area contributed by atoms with Crippen LogP contribution < -0.4 is 14.4 Å². The molecule has 6 nitrogen and oxygen atoms in total. The number of nitrogens with zero attached hydrogens (tertiary/aromatic N) is 1. The first-order chi connectivity index (χ1) is 16.3. The summed E-state index contributed by atoms with van der Waals surface area (Å²) < 4.78 is 33.6. The lowest BCUT2D eigenvalue weighted by molar-refractivity contribution is -0.123. The molecule has 0 spiro atoms. The number of rotatable bonds is 9. The molecule has 0 fully saturated rings. The Hall–Kier alpha value is -3.32. The number of carbonyl (C=O) groups excluding carboxylic acids is 1. The second-order valence-electron chi connectivity index (χ2n) is 8.66. The molecule has 0 saturated heterocycles. The summed E-state index contributed by atoms with van der Waals surface area (Å²) in [4.78, 5) is 12.5. The summed E-state index contributed by atoms with van der Waals surface area (Å²) in [5.74, 6) is 0.290. The highest BCUT2D eigenvalue weighted by Crippen LogP contribution is 2.33. The number of aryl methyl sites for hydroxylation is 2. The molecule has 0 aromatic heterocycles. The van der Waals surface area contributed by atoms with E-state index in [0.29, 0.717) is 24.3 Å². The Morgan fingerprint density at radius 2 is 1.79 bits per heavy atom. The average Bonchev–Trinajstić information content (AvgIpc) is 3.28. The summed E-state index contributed by atoms with van der Waals surface area (Å²) in [6.45, 7) is 4.07. The zero-order valence-electron chi connectivity index (χ0n) is 19.5. The van der Waals surface area contributed by atoms with Crippen LogP contribution in [0.15, 0.2) is 77.7 Å². The number of sulfonamides is 1. The van der Waals surface area contributed by atoms with Gasteiger partial charge in [0.05, 0.1) is 10.6 Å². The molecule has 0 aliphatic carbocycles. The van der Waals surface area contributed by atoms with E-state index in [1.807, 2.05) is 49.4 Å². The Balaban J connectivity index is 1.33. The molecule has 178 valence electrons. The van der Waals surface area contributed by atoms with Gasteiger partial charge in [-0.3, -0.25) is 9.10 Å². The fraction of sp³-hybridized carbons (Fsp3) is 0.296. The summed E-state index contributed by atoms with van der Waals surface area (Å²) in [6.07, 6.45) is 2.43. The van der Waals surface area contributed by atoms with Crippen molar-refractivity contribution in [3.05, 3.63) is 89.5 Å². The van der Waals surface area contributed by atoms with Gasteiger partial charge in [0.2, 0.25) is 0 Å². The van der Waals surface area contributed by atoms with Crippen LogP contribution in [0.4, 0.5) is 5.69 Å². The number of ether oxygens (including phenoxy) is 1. The highest BCUT2D eigenvalue weighted by atomic mass is 32.2. The summed E-state index contributed by atoms with van der Waals surface area (Å²) in [5.41, 5.74) is 3.67. The van der Waals surface area contributed by atoms with Crippen LogP contribution in [0.1, 0.15) is 30.0 Å². The molecular formula is C27H30N2O4S. The van der Waals surface area contributed by atoms with Gasteiger partial charge in [0.25, 0.3) is 15.9 Å². The molecule has 0 saturated carbocycles. The maximum absolute atomic E-state index is 13.2. The molecular weight excluding hydrogens is 448 g/mol. The minimum Gasteiger partial charge on any atom is -0.484 e. The number of benzene rings is 3. The number of hydrogen-bond donors (Lipinski definition) is 1. The molecule has 4 rings (SSSR count). The lowest BCUT2D eigenvalue weighted by Gasteiger charge is -2.20. The lowest BCUT2D eigenvalue weighted by Crippen LogP contribution is -2.36. The third-order valence-electron chi connectivity index (χ3n) is 6.05. The lowest BCUT2D eigenvalue weighted by atomic mass is 10.1. The van der Waals surface area contributed by atoms with Crippen molar-refractivity contribution >= 4 is 21.6 Å². The smallest absolute Gasteiger partial charge is 0.264 e. The summed E-state index contributed by atoms with van der Waals surface area (Å²) in [7, 11) is -3.67. The highest BCUT2D eigenvalue weighted by Gasteiger charge is 2.30. The summed E-state index contributed by atoms with van der Waals surface area (Å²) in [5, 5.41) is 2.96. The summed E-state index contributed by atoms with van der Waals surface area (Å²) in [6, 6.07) is 22.5. The maximum Gasteiger partial charge on any atom is 0.264 e. The predicted molar refractivity (Wildman–Crippen MR) is 134 cm³/mol. The van der Waals surface area contributed by atoms with Crippen molar-refractivity contribution in [2.24, 2.45) is 0 Å². The fourth-order valence-corrected chi connectivity index (χ4v) is 5.78. The monoisotopic (exact) mass is 478 g/mol. The van der Waals surface area contributed by atoms with Crippen molar-refractivity contribution in [1.82, 2.24) is 5.32 Å². The molecule has 34 heavy (non-hydrogen) atoms. The van der Waals surface area contributed by atoms with E-state index in [0.717, 1.165) is 24.1 Å². The largest absolute Gasteiger partial charge is 0.484 e. The van der Waals surface area contributed by atoms with Crippen molar-refractivity contribution < 1.29 is 17.9 Å². The molecule has 1 aliphatic heterocycles. The third kappa shape index (κ3) is 5.42. The first-order valence-electron chi connectivity index (χ1n) is 11.5. The van der Waals surface area contributed by atoms with E-state index in [4.69, 9.17) is 4.74 Å². The second kappa shape index (κ2) is 10.3. The van der Waals surface area contributed by atoms with E-state index in [9.17, 15) is 13.2 Å². The fourth-order valence-electron chi connectivity index (χ4n) is 4.19. The van der Waals surface area contributed by atoms with E-state index in [-0.39, 0.29) is 23.5 Å². The van der Waals surface area contributed by atoms with E-state index >= 15 is 0 Å². The van der Waals surface area contributed by atoms with Crippen molar-refractivity contribution in [2.45, 2.75) is 44.0 Å². The van der Waals surface area contributed by atoms with Gasteiger partial charge in [-0.25, -0.2) is 8.42 Å². The number of hydrogen-bond acceptors (Lipinski definition) is 4. The van der Waals surface area contributed by atoms with Crippen LogP contribution in [0.5, 0.6) is 5.75 Å². The van der Waals surface area contributed by atoms with Gasteiger partial charge < -0.3 is 10.1 Å². The van der Waals surface area contributed by atoms with Crippen LogP contribution in [0, 0.1) is 6.92 Å². The molecule has 0 radical (unpaired) electrons. The van der Waals surface area contributed by atoms with Gasteiger partial charge in [-0.1, -0.05) is 48.5 Å². The molecule has 7 heteroatoms. The molecule has 1 amide bonds. The zero-order chi connectivity index (χ0) is 24.1. The Morgan fingerprint density at radius 1 is 1.06 bits per heavy atom. The van der Waals surface area contributed by atoms with E-state index < -0.39 is 10.0 Å². The number of amides is 1. The van der Waals surface area contributed by atoms with Crippen LogP contribution in [0.2, 0.25) is 0 Å². The molecule has 1 N–H and O–H groups in total. The number of fused-ring (bicyclic) bond motifs is 1. The van der Waals surface area contributed by atoms with Gasteiger partial charge in [0.1, 0.15) is 5.75 Å². The predicted octanol–water partition coefficient (Wildman–Crippen LogP) is 4.26. The van der Waals surface area contributed by atoms with Crippen molar-refractivity contribution in [3.8, 4) is 5.75 Å². The van der Waals surface area contributed by atoms with E-state index in [1.54, 1.807) is 25.1 Å². The Labute approximate surface area is 201 Å². The minimum atomic E-state index is -3.67. The van der Waals surface area contributed by atoms with Crippen LogP contribution in [-0.4, -0.2) is 33.5 Å². The number of anilines is 1. The SMILES string of the molecule is Cc1cc(S(=O)(=O)N2CCc3ccccc32)ccc1OCC(=O)N[C@H](C)CCc1ccccc1. The van der Waals surface area contributed by atoms with Gasteiger partial charge >= 0.3 is 0 Å². The minimum absolute atomic E-state index is 0.0215. The van der Waals surface area contributed by atoms with E-state index in [2.05, 4.69) is 17.4 Å². The molecule has 0 bridgehead atoms. The van der Waals surface area contributed by atoms with Crippen LogP contribution >= 0.6 is 0 Å². The number of carbonyl (C=O) groups is 1. The highest BCUT2D eigenvalue weighted by molar-refractivity contribution is 7.92. The molecule has 3 aromatic carbocycles. The van der Waals surface area contributed by atoms with Crippen molar-refractivity contribution in [1.29, 1.82) is 0 Å². The second-order valence-corrected chi connectivity index (χ2v) is 10.5. The number of para-hydroxylation sites is 1. The molecule has 3 aromatic rings. The van der Waals surface area contributed by atoms with E-state index in [1.165, 1.54) is 9.87 Å². The molecule has 1 atom stereocenters. The number of nitrogens with one attached hydrogen (secondary N) is 1. The summed E-state index contributed by atoms with van der Waals surface area (Å²) >= 11 is 0. The maximum atomic E-state index is 13.2. The van der Waals surface area contributed by atoms with Gasteiger partial charge in [0.15, 0.2) is 6.61 Å². The quantitative estimate of drug-likeness (QED) is 0.499. The first kappa shape index (κ1) is 23.8. The van der Waals surface area contributed by atoms with Gasteiger partial charge in [-0.2, -0.15) is 0 Å². The Bertz CT molecular complexity index is 1260. The molecule has 1 heterocycles. The van der Waals surface area contributed by atoms with Crippen LogP contribution in [-0.2, 0) is 27.7 Å². The third-order valence-corrected chi connectivity index (χ3v) is 7.86. The Kier molecular flexibility index (Phi) is 7.22. The van der Waals surface area contributed by atoms with Gasteiger partial charge in [-0.15, -0.1) is 0 Å². The normalized spacial score (nSPS) is 13.9. The average molecular weight is 479 g/mol. The van der Waals surface area contributed by atoms with Gasteiger partial charge in [-0.05, 0) is 74.1 Å². The standard InChI is InChI=1S/C27H30N2O4S/c1-20-18-24(34(31,32)29-17-16-23-10-6-7-11-25(23)29)14-15-26(20)33-19-27(30)28-21(2)12-13-22-8-4-3-5-9-22/h3-11,14-15,18,21H,12-13,16-17,19H2,1-2H3,(H,28,30)/t21-/m1/s1. The van der Waals surface area contributed by atoms with Crippen LogP contribution in [0.25, 0.3) is 0 Å². The topological polar surface area (TPSA) is 75.7 Å². The van der Waals surface area contributed by atoms with Crippen molar-refractivity contribution in [2.75, 3.05) is 17.5 Å². The zero-order valence-corrected chi connectivity index (χ0v) is 20.3.